The summed E-state index contributed by atoms with van der Waals surface area (Å²) >= 11 is 0. The molecule has 3 aromatic rings. The molecule has 158 valence electrons. The first-order valence-corrected chi connectivity index (χ1v) is 10.5. The van der Waals surface area contributed by atoms with Crippen LogP contribution in [0.3, 0.4) is 0 Å². The molecular formula is C21H18N4O5S. The lowest BCUT2D eigenvalue weighted by molar-refractivity contribution is -0.384. The van der Waals surface area contributed by atoms with Gasteiger partial charge in [-0.05, 0) is 61.0 Å². The van der Waals surface area contributed by atoms with E-state index in [1.807, 2.05) is 6.92 Å². The number of hydrogen-bond acceptors (Lipinski definition) is 6. The molecule has 0 aliphatic rings. The van der Waals surface area contributed by atoms with E-state index in [4.69, 9.17) is 0 Å². The van der Waals surface area contributed by atoms with Crippen LogP contribution in [0.25, 0.3) is 0 Å². The average molecular weight is 438 g/mol. The van der Waals surface area contributed by atoms with Gasteiger partial charge in [-0.2, -0.15) is 5.10 Å². The third-order valence-corrected chi connectivity index (χ3v) is 5.61. The Labute approximate surface area is 178 Å². The van der Waals surface area contributed by atoms with E-state index in [2.05, 4.69) is 15.2 Å². The van der Waals surface area contributed by atoms with E-state index >= 15 is 0 Å². The second-order valence-electron chi connectivity index (χ2n) is 6.54. The minimum absolute atomic E-state index is 0.0423. The third kappa shape index (κ3) is 5.73. The van der Waals surface area contributed by atoms with Crippen molar-refractivity contribution in [3.63, 3.8) is 0 Å². The zero-order valence-electron chi connectivity index (χ0n) is 16.3. The molecule has 31 heavy (non-hydrogen) atoms. The Kier molecular flexibility index (Phi) is 6.41. The number of nitrogens with zero attached hydrogens (tertiary/aromatic N) is 2. The number of carbonyl (C=O) groups excluding carboxylic acids is 1. The summed E-state index contributed by atoms with van der Waals surface area (Å²) in [5, 5.41) is 14.4. The lowest BCUT2D eigenvalue weighted by Gasteiger charge is -2.09. The Hall–Kier alpha value is -4.05. The van der Waals surface area contributed by atoms with Gasteiger partial charge in [0.2, 0.25) is 0 Å². The van der Waals surface area contributed by atoms with Crippen molar-refractivity contribution in [1.82, 2.24) is 5.43 Å². The Morgan fingerprint density at radius 1 is 0.968 bits per heavy atom. The van der Waals surface area contributed by atoms with E-state index in [0.717, 1.165) is 5.56 Å². The molecule has 0 spiro atoms. The SMILES string of the molecule is Cc1ccc(S(=O)(=O)Nc2ccc(C(=O)NN=Cc3ccc([N+](=O)[O-])cc3)cc2)cc1. The highest BCUT2D eigenvalue weighted by Crippen LogP contribution is 2.17. The molecule has 0 heterocycles. The first-order chi connectivity index (χ1) is 14.7. The number of hydrogen-bond donors (Lipinski definition) is 2. The number of nitrogens with one attached hydrogen (secondary N) is 2. The van der Waals surface area contributed by atoms with Crippen molar-refractivity contribution in [3.05, 3.63) is 99.6 Å². The standard InChI is InChI=1S/C21H18N4O5S/c1-15-2-12-20(13-3-15)31(29,30)24-18-8-6-17(7-9-18)21(26)23-22-14-16-4-10-19(11-5-16)25(27)28/h2-14,24H,1H3,(H,23,26). The molecule has 0 fully saturated rings. The summed E-state index contributed by atoms with van der Waals surface area (Å²) in [5.41, 5.74) is 4.41. The second-order valence-corrected chi connectivity index (χ2v) is 8.23. The van der Waals surface area contributed by atoms with Crippen molar-refractivity contribution in [2.24, 2.45) is 5.10 Å². The summed E-state index contributed by atoms with van der Waals surface area (Å²) in [4.78, 5) is 22.4. The van der Waals surface area contributed by atoms with Gasteiger partial charge < -0.3 is 0 Å². The Morgan fingerprint density at radius 2 is 1.58 bits per heavy atom. The van der Waals surface area contributed by atoms with Gasteiger partial charge in [0, 0.05) is 23.4 Å². The average Bonchev–Trinajstić information content (AvgIpc) is 2.74. The van der Waals surface area contributed by atoms with Gasteiger partial charge in [-0.3, -0.25) is 19.6 Å². The van der Waals surface area contributed by atoms with Crippen LogP contribution < -0.4 is 10.1 Å². The van der Waals surface area contributed by atoms with Crippen molar-refractivity contribution in [1.29, 1.82) is 0 Å². The van der Waals surface area contributed by atoms with Crippen LogP contribution in [-0.4, -0.2) is 25.5 Å². The van der Waals surface area contributed by atoms with Crippen molar-refractivity contribution >= 4 is 33.5 Å². The lowest BCUT2D eigenvalue weighted by atomic mass is 10.2. The monoisotopic (exact) mass is 438 g/mol. The molecule has 0 aliphatic carbocycles. The van der Waals surface area contributed by atoms with Gasteiger partial charge in [-0.1, -0.05) is 17.7 Å². The summed E-state index contributed by atoms with van der Waals surface area (Å²) in [5.74, 6) is -0.494. The molecule has 3 aromatic carbocycles. The van der Waals surface area contributed by atoms with Crippen LogP contribution in [0.15, 0.2) is 82.8 Å². The topological polar surface area (TPSA) is 131 Å². The highest BCUT2D eigenvalue weighted by atomic mass is 32.2. The number of carbonyl (C=O) groups is 1. The summed E-state index contributed by atoms with van der Waals surface area (Å²) in [6, 6.07) is 18.0. The fourth-order valence-electron chi connectivity index (χ4n) is 2.53. The van der Waals surface area contributed by atoms with Crippen molar-refractivity contribution < 1.29 is 18.1 Å². The normalized spacial score (nSPS) is 11.3. The fraction of sp³-hybridized carbons (Fsp3) is 0.0476. The maximum absolute atomic E-state index is 12.4. The number of hydrazone groups is 1. The van der Waals surface area contributed by atoms with Crippen molar-refractivity contribution in [3.8, 4) is 0 Å². The molecule has 2 N–H and O–H groups in total. The number of anilines is 1. The molecule has 0 bridgehead atoms. The largest absolute Gasteiger partial charge is 0.280 e. The molecule has 0 saturated heterocycles. The maximum atomic E-state index is 12.4. The number of aryl methyl sites for hydroxylation is 1. The Morgan fingerprint density at radius 3 is 2.16 bits per heavy atom. The zero-order chi connectivity index (χ0) is 22.4. The van der Waals surface area contributed by atoms with E-state index in [9.17, 15) is 23.3 Å². The maximum Gasteiger partial charge on any atom is 0.271 e. The van der Waals surface area contributed by atoms with Crippen LogP contribution in [0.4, 0.5) is 11.4 Å². The highest BCUT2D eigenvalue weighted by Gasteiger charge is 2.14. The number of nitro benzene ring substituents is 1. The predicted octanol–water partition coefficient (Wildman–Crippen LogP) is 3.47. The predicted molar refractivity (Wildman–Crippen MR) is 117 cm³/mol. The number of non-ortho nitro benzene ring substituents is 1. The quantitative estimate of drug-likeness (QED) is 0.331. The van der Waals surface area contributed by atoms with Crippen LogP contribution in [0.2, 0.25) is 0 Å². The first kappa shape index (κ1) is 21.7. The lowest BCUT2D eigenvalue weighted by Crippen LogP contribution is -2.18. The summed E-state index contributed by atoms with van der Waals surface area (Å²) in [6.45, 7) is 1.86. The van der Waals surface area contributed by atoms with Crippen LogP contribution >= 0.6 is 0 Å². The number of benzene rings is 3. The van der Waals surface area contributed by atoms with E-state index in [0.29, 0.717) is 11.3 Å². The van der Waals surface area contributed by atoms with Gasteiger partial charge in [0.25, 0.3) is 21.6 Å². The van der Waals surface area contributed by atoms with Crippen molar-refractivity contribution in [2.75, 3.05) is 4.72 Å². The molecule has 0 aliphatic heterocycles. The molecule has 0 aromatic heterocycles. The van der Waals surface area contributed by atoms with Gasteiger partial charge in [0.1, 0.15) is 0 Å². The third-order valence-electron chi connectivity index (χ3n) is 4.21. The van der Waals surface area contributed by atoms with Gasteiger partial charge in [-0.25, -0.2) is 13.8 Å². The number of nitro groups is 1. The molecule has 3 rings (SSSR count). The summed E-state index contributed by atoms with van der Waals surface area (Å²) in [6.07, 6.45) is 1.35. The van der Waals surface area contributed by atoms with Gasteiger partial charge >= 0.3 is 0 Å². The molecule has 10 heteroatoms. The molecular weight excluding hydrogens is 420 g/mol. The molecule has 1 amide bonds. The smallest absolute Gasteiger partial charge is 0.271 e. The second kappa shape index (κ2) is 9.18. The Balaban J connectivity index is 1.60. The van der Waals surface area contributed by atoms with E-state index in [1.54, 1.807) is 12.1 Å². The highest BCUT2D eigenvalue weighted by molar-refractivity contribution is 7.92. The molecule has 0 unspecified atom stereocenters. The van der Waals surface area contributed by atoms with Gasteiger partial charge in [0.05, 0.1) is 16.0 Å². The Bertz CT molecular complexity index is 1220. The first-order valence-electron chi connectivity index (χ1n) is 9.02. The van der Waals surface area contributed by atoms with E-state index < -0.39 is 20.9 Å². The number of amides is 1. The fourth-order valence-corrected chi connectivity index (χ4v) is 3.59. The molecule has 0 atom stereocenters. The summed E-state index contributed by atoms with van der Waals surface area (Å²) in [7, 11) is -3.73. The zero-order valence-corrected chi connectivity index (χ0v) is 17.2. The van der Waals surface area contributed by atoms with Gasteiger partial charge in [0.15, 0.2) is 0 Å². The van der Waals surface area contributed by atoms with Crippen LogP contribution in [-0.2, 0) is 10.0 Å². The van der Waals surface area contributed by atoms with Crippen LogP contribution in [0, 0.1) is 17.0 Å². The van der Waals surface area contributed by atoms with Crippen LogP contribution in [0.5, 0.6) is 0 Å². The van der Waals surface area contributed by atoms with Gasteiger partial charge in [-0.15, -0.1) is 0 Å². The molecule has 9 nitrogen and oxygen atoms in total. The minimum atomic E-state index is -3.73. The molecule has 0 radical (unpaired) electrons. The van der Waals surface area contributed by atoms with Crippen LogP contribution in [0.1, 0.15) is 21.5 Å². The van der Waals surface area contributed by atoms with E-state index in [-0.39, 0.29) is 16.1 Å². The van der Waals surface area contributed by atoms with Crippen molar-refractivity contribution in [2.45, 2.75) is 11.8 Å². The summed E-state index contributed by atoms with van der Waals surface area (Å²) < 4.78 is 27.3. The number of sulfonamides is 1. The molecule has 0 saturated carbocycles. The minimum Gasteiger partial charge on any atom is -0.280 e. The number of rotatable bonds is 7. The van der Waals surface area contributed by atoms with E-state index in [1.165, 1.54) is 66.9 Å².